The van der Waals surface area contributed by atoms with Crippen LogP contribution >= 0.6 is 11.6 Å². The fourth-order valence-corrected chi connectivity index (χ4v) is 2.47. The van der Waals surface area contributed by atoms with Gasteiger partial charge >= 0.3 is 5.97 Å². The molecule has 1 N–H and O–H groups in total. The maximum Gasteiger partial charge on any atom is 0.343 e. The van der Waals surface area contributed by atoms with E-state index in [1.54, 1.807) is 0 Å². The molecule has 0 saturated heterocycles. The Bertz CT molecular complexity index is 962. The Morgan fingerprint density at radius 1 is 1.28 bits per heavy atom. The number of ether oxygens (including phenoxy) is 3. The first-order valence-corrected chi connectivity index (χ1v) is 8.39. The lowest BCUT2D eigenvalue weighted by Gasteiger charge is -2.12. The van der Waals surface area contributed by atoms with Crippen molar-refractivity contribution in [3.63, 3.8) is 0 Å². The van der Waals surface area contributed by atoms with Crippen LogP contribution in [0.2, 0.25) is 5.02 Å². The molecule has 11 heteroatoms. The molecule has 0 aliphatic carbocycles. The highest BCUT2D eigenvalue weighted by Gasteiger charge is 2.18. The van der Waals surface area contributed by atoms with Gasteiger partial charge in [0.2, 0.25) is 0 Å². The fraction of sp³-hybridized carbons (Fsp3) is 0.167. The molecule has 0 fully saturated rings. The zero-order chi connectivity index (χ0) is 21.4. The van der Waals surface area contributed by atoms with Crippen LogP contribution in [0.3, 0.4) is 0 Å². The number of para-hydroxylation sites is 1. The van der Waals surface area contributed by atoms with Gasteiger partial charge in [-0.25, -0.2) is 10.2 Å². The highest BCUT2D eigenvalue weighted by atomic mass is 35.5. The van der Waals surface area contributed by atoms with Crippen molar-refractivity contribution in [2.75, 3.05) is 20.8 Å². The third-order valence-electron chi connectivity index (χ3n) is 3.54. The van der Waals surface area contributed by atoms with Gasteiger partial charge in [-0.05, 0) is 23.8 Å². The highest BCUT2D eigenvalue weighted by Crippen LogP contribution is 2.36. The summed E-state index contributed by atoms with van der Waals surface area (Å²) >= 11 is 6.15. The van der Waals surface area contributed by atoms with Crippen LogP contribution in [0.5, 0.6) is 11.5 Å². The van der Waals surface area contributed by atoms with Gasteiger partial charge in [-0.15, -0.1) is 0 Å². The molecule has 10 nitrogen and oxygen atoms in total. The maximum absolute atomic E-state index is 12.1. The third-order valence-corrected chi connectivity index (χ3v) is 3.82. The molecule has 0 atom stereocenters. The summed E-state index contributed by atoms with van der Waals surface area (Å²) in [5.41, 5.74) is 2.19. The van der Waals surface area contributed by atoms with Crippen LogP contribution in [-0.4, -0.2) is 43.8 Å². The van der Waals surface area contributed by atoms with Crippen LogP contribution in [0.1, 0.15) is 15.9 Å². The first-order chi connectivity index (χ1) is 13.9. The van der Waals surface area contributed by atoms with E-state index >= 15 is 0 Å². The van der Waals surface area contributed by atoms with Crippen molar-refractivity contribution in [1.29, 1.82) is 0 Å². The number of amides is 1. The van der Waals surface area contributed by atoms with Gasteiger partial charge in [0, 0.05) is 6.07 Å². The average molecular weight is 422 g/mol. The van der Waals surface area contributed by atoms with Crippen LogP contribution in [0.25, 0.3) is 0 Å². The summed E-state index contributed by atoms with van der Waals surface area (Å²) in [6.45, 7) is -0.355. The summed E-state index contributed by atoms with van der Waals surface area (Å²) in [7, 11) is 2.61. The van der Waals surface area contributed by atoms with Crippen LogP contribution in [0.15, 0.2) is 41.5 Å². The number of hydrogen-bond acceptors (Lipinski definition) is 8. The van der Waals surface area contributed by atoms with Crippen LogP contribution in [-0.2, 0) is 9.53 Å². The molecular formula is C18H16ClN3O7. The second-order valence-electron chi connectivity index (χ2n) is 5.37. The van der Waals surface area contributed by atoms with E-state index in [-0.39, 0.29) is 34.4 Å². The number of benzene rings is 2. The summed E-state index contributed by atoms with van der Waals surface area (Å²) in [6.07, 6.45) is 1.27. The van der Waals surface area contributed by atoms with Crippen molar-refractivity contribution in [2.24, 2.45) is 5.10 Å². The molecule has 0 aromatic heterocycles. The van der Waals surface area contributed by atoms with E-state index in [0.717, 1.165) is 0 Å². The predicted octanol–water partition coefficient (Wildman–Crippen LogP) is 2.57. The number of nitro benzene ring substituents is 1. The monoisotopic (exact) mass is 421 g/mol. The lowest BCUT2D eigenvalue weighted by molar-refractivity contribution is -0.385. The minimum atomic E-state index is -0.746. The molecular weight excluding hydrogens is 406 g/mol. The molecule has 0 radical (unpaired) electrons. The van der Waals surface area contributed by atoms with Gasteiger partial charge in [-0.3, -0.25) is 14.9 Å². The Labute approximate surface area is 170 Å². The number of nitrogens with one attached hydrogen (secondary N) is 1. The molecule has 0 saturated carbocycles. The average Bonchev–Trinajstić information content (AvgIpc) is 2.72. The largest absolute Gasteiger partial charge is 0.493 e. The van der Waals surface area contributed by atoms with Crippen molar-refractivity contribution in [1.82, 2.24) is 5.43 Å². The van der Waals surface area contributed by atoms with Gasteiger partial charge in [-0.2, -0.15) is 5.10 Å². The Morgan fingerprint density at radius 2 is 2.00 bits per heavy atom. The number of esters is 1. The predicted molar refractivity (Wildman–Crippen MR) is 104 cm³/mol. The molecule has 29 heavy (non-hydrogen) atoms. The Kier molecular flexibility index (Phi) is 7.49. The summed E-state index contributed by atoms with van der Waals surface area (Å²) < 4.78 is 15.0. The maximum atomic E-state index is 12.1. The van der Waals surface area contributed by atoms with Crippen LogP contribution in [0.4, 0.5) is 5.69 Å². The number of hydrogen-bond donors (Lipinski definition) is 1. The zero-order valence-corrected chi connectivity index (χ0v) is 16.1. The zero-order valence-electron chi connectivity index (χ0n) is 15.4. The summed E-state index contributed by atoms with van der Waals surface area (Å²) in [5, 5.41) is 14.9. The molecule has 152 valence electrons. The third kappa shape index (κ3) is 5.66. The van der Waals surface area contributed by atoms with E-state index in [1.807, 2.05) is 0 Å². The summed E-state index contributed by atoms with van der Waals surface area (Å²) in [6, 6.07) is 8.47. The van der Waals surface area contributed by atoms with Crippen LogP contribution in [0, 0.1) is 10.1 Å². The number of methoxy groups -OCH3 is 2. The summed E-state index contributed by atoms with van der Waals surface area (Å²) in [4.78, 5) is 33.7. The van der Waals surface area contributed by atoms with E-state index in [9.17, 15) is 19.7 Å². The quantitative estimate of drug-likeness (QED) is 0.300. The minimum absolute atomic E-state index is 0.128. The highest BCUT2D eigenvalue weighted by molar-refractivity contribution is 6.32. The first-order valence-electron chi connectivity index (χ1n) is 8.01. The molecule has 0 heterocycles. The van der Waals surface area contributed by atoms with Crippen molar-refractivity contribution in [2.45, 2.75) is 0 Å². The van der Waals surface area contributed by atoms with Gasteiger partial charge in [-0.1, -0.05) is 23.7 Å². The molecule has 2 aromatic carbocycles. The first kappa shape index (κ1) is 21.6. The minimum Gasteiger partial charge on any atom is -0.493 e. The second kappa shape index (κ2) is 10.0. The van der Waals surface area contributed by atoms with E-state index in [1.165, 1.54) is 56.8 Å². The lowest BCUT2D eigenvalue weighted by atomic mass is 10.2. The number of halogens is 1. The fourth-order valence-electron chi connectivity index (χ4n) is 2.19. The van der Waals surface area contributed by atoms with Crippen molar-refractivity contribution in [3.8, 4) is 11.5 Å². The lowest BCUT2D eigenvalue weighted by Crippen LogP contribution is -2.19. The molecule has 2 rings (SSSR count). The van der Waals surface area contributed by atoms with Gasteiger partial charge < -0.3 is 14.2 Å². The van der Waals surface area contributed by atoms with Crippen molar-refractivity contribution in [3.05, 3.63) is 62.7 Å². The number of carbonyl (C=O) groups excluding carboxylic acids is 2. The van der Waals surface area contributed by atoms with E-state index in [4.69, 9.17) is 21.1 Å². The van der Waals surface area contributed by atoms with Gasteiger partial charge in [0.05, 0.1) is 30.4 Å². The Morgan fingerprint density at radius 3 is 2.66 bits per heavy atom. The standard InChI is InChI=1S/C18H16ClN3O7/c1-27-15-8-11(7-13(19)17(15)29-10-16(23)28-2)9-20-21-18(24)12-5-3-4-6-14(12)22(25)26/h3-9H,10H2,1-2H3,(H,21,24)/b20-9-. The van der Waals surface area contributed by atoms with Gasteiger partial charge in [0.15, 0.2) is 18.1 Å². The molecule has 1 amide bonds. The normalized spacial score (nSPS) is 10.4. The van der Waals surface area contributed by atoms with E-state index in [2.05, 4.69) is 15.3 Å². The van der Waals surface area contributed by atoms with E-state index < -0.39 is 16.8 Å². The number of nitrogens with zero attached hydrogens (tertiary/aromatic N) is 2. The molecule has 2 aromatic rings. The smallest absolute Gasteiger partial charge is 0.343 e. The van der Waals surface area contributed by atoms with Gasteiger partial charge in [0.25, 0.3) is 11.6 Å². The molecule has 0 aliphatic rings. The van der Waals surface area contributed by atoms with Gasteiger partial charge in [0.1, 0.15) is 5.56 Å². The molecule has 0 bridgehead atoms. The Balaban J connectivity index is 2.15. The molecule has 0 unspecified atom stereocenters. The number of carbonyl (C=O) groups is 2. The van der Waals surface area contributed by atoms with E-state index in [0.29, 0.717) is 5.56 Å². The topological polar surface area (TPSA) is 129 Å². The SMILES string of the molecule is COC(=O)COc1c(Cl)cc(/C=N\NC(=O)c2ccccc2[N+](=O)[O-])cc1OC. The van der Waals surface area contributed by atoms with Crippen LogP contribution < -0.4 is 14.9 Å². The molecule has 0 aliphatic heterocycles. The second-order valence-corrected chi connectivity index (χ2v) is 5.78. The number of rotatable bonds is 8. The number of nitro groups is 1. The van der Waals surface area contributed by atoms with Crippen molar-refractivity contribution < 1.29 is 28.7 Å². The molecule has 0 spiro atoms. The number of hydrazone groups is 1. The Hall–Kier alpha value is -3.66. The van der Waals surface area contributed by atoms with Crippen molar-refractivity contribution >= 4 is 35.4 Å². The summed E-state index contributed by atoms with van der Waals surface area (Å²) in [5.74, 6) is -0.968.